The Labute approximate surface area is 166 Å². The van der Waals surface area contributed by atoms with Gasteiger partial charge in [0.1, 0.15) is 0 Å². The summed E-state index contributed by atoms with van der Waals surface area (Å²) in [5.41, 5.74) is 3.73. The summed E-state index contributed by atoms with van der Waals surface area (Å²) in [7, 11) is 3.75. The van der Waals surface area contributed by atoms with E-state index in [2.05, 4.69) is 45.5 Å². The molecule has 25 heavy (non-hydrogen) atoms. The van der Waals surface area contributed by atoms with E-state index in [9.17, 15) is 0 Å². The van der Waals surface area contributed by atoms with Gasteiger partial charge in [-0.05, 0) is 38.3 Å². The summed E-state index contributed by atoms with van der Waals surface area (Å²) in [6.45, 7) is 5.03. The predicted molar refractivity (Wildman–Crippen MR) is 110 cm³/mol. The summed E-state index contributed by atoms with van der Waals surface area (Å²) in [4.78, 5) is 4.34. The van der Waals surface area contributed by atoms with E-state index in [1.54, 1.807) is 13.2 Å². The van der Waals surface area contributed by atoms with E-state index >= 15 is 0 Å². The first-order chi connectivity index (χ1) is 11.6. The quantitative estimate of drug-likeness (QED) is 0.419. The number of nitrogens with zero attached hydrogens (tertiary/aromatic N) is 5. The molecule has 2 heterocycles. The van der Waals surface area contributed by atoms with Crippen molar-refractivity contribution >= 4 is 29.9 Å². The number of fused-ring (bicyclic) bond motifs is 1. The molecule has 3 rings (SSSR count). The molecule has 0 saturated carbocycles. The van der Waals surface area contributed by atoms with Gasteiger partial charge < -0.3 is 10.6 Å². The number of hydrogen-bond acceptors (Lipinski definition) is 3. The second kappa shape index (κ2) is 8.68. The lowest BCUT2D eigenvalue weighted by atomic mass is 9.94. The molecular weight excluding hydrogens is 429 g/mol. The molecule has 0 radical (unpaired) electrons. The van der Waals surface area contributed by atoms with Crippen molar-refractivity contribution in [1.29, 1.82) is 0 Å². The van der Waals surface area contributed by atoms with Crippen LogP contribution in [0.1, 0.15) is 43.3 Å². The van der Waals surface area contributed by atoms with Crippen LogP contribution in [0, 0.1) is 0 Å². The zero-order valence-electron chi connectivity index (χ0n) is 15.4. The number of nitrogens with one attached hydrogen (secondary N) is 2. The van der Waals surface area contributed by atoms with E-state index in [4.69, 9.17) is 5.10 Å². The molecule has 2 aromatic rings. The summed E-state index contributed by atoms with van der Waals surface area (Å²) in [5.74, 6) is 0.827. The molecule has 0 amide bonds. The molecule has 1 aliphatic carbocycles. The van der Waals surface area contributed by atoms with Crippen LogP contribution < -0.4 is 10.6 Å². The summed E-state index contributed by atoms with van der Waals surface area (Å²) in [5, 5.41) is 15.8. The van der Waals surface area contributed by atoms with Gasteiger partial charge in [0.15, 0.2) is 5.96 Å². The molecule has 1 aliphatic rings. The zero-order chi connectivity index (χ0) is 17.1. The van der Waals surface area contributed by atoms with Crippen LogP contribution in [0.15, 0.2) is 23.5 Å². The van der Waals surface area contributed by atoms with Gasteiger partial charge in [0.25, 0.3) is 0 Å². The first-order valence-electron chi connectivity index (χ1n) is 8.57. The van der Waals surface area contributed by atoms with Crippen LogP contribution in [0.25, 0.3) is 0 Å². The van der Waals surface area contributed by atoms with Crippen LogP contribution in [-0.4, -0.2) is 38.6 Å². The van der Waals surface area contributed by atoms with Gasteiger partial charge in [0.2, 0.25) is 0 Å². The van der Waals surface area contributed by atoms with Crippen molar-refractivity contribution in [3.8, 4) is 0 Å². The molecule has 138 valence electrons. The Bertz CT molecular complexity index is 716. The Balaban J connectivity index is 0.00000225. The summed E-state index contributed by atoms with van der Waals surface area (Å²) in [6, 6.07) is 2.78. The highest BCUT2D eigenvalue weighted by molar-refractivity contribution is 14.0. The summed E-state index contributed by atoms with van der Waals surface area (Å²) >= 11 is 0. The van der Waals surface area contributed by atoms with Crippen molar-refractivity contribution in [1.82, 2.24) is 30.2 Å². The van der Waals surface area contributed by atoms with Crippen molar-refractivity contribution in [2.24, 2.45) is 12.0 Å². The molecule has 7 nitrogen and oxygen atoms in total. The number of guanidine groups is 1. The third kappa shape index (κ3) is 4.74. The summed E-state index contributed by atoms with van der Waals surface area (Å²) in [6.07, 6.45) is 7.12. The highest BCUT2D eigenvalue weighted by Gasteiger charge is 2.23. The lowest BCUT2D eigenvalue weighted by Gasteiger charge is -2.24. The zero-order valence-corrected chi connectivity index (χ0v) is 17.7. The fourth-order valence-corrected chi connectivity index (χ4v) is 3.04. The van der Waals surface area contributed by atoms with Crippen LogP contribution in [0.2, 0.25) is 0 Å². The van der Waals surface area contributed by atoms with Crippen LogP contribution in [-0.2, 0) is 26.4 Å². The second-order valence-corrected chi connectivity index (χ2v) is 6.63. The number of halogens is 1. The first kappa shape index (κ1) is 19.7. The minimum absolute atomic E-state index is 0. The fraction of sp³-hybridized carbons (Fsp3) is 0.588. The van der Waals surface area contributed by atoms with Gasteiger partial charge in [-0.2, -0.15) is 10.2 Å². The highest BCUT2D eigenvalue weighted by Crippen LogP contribution is 2.21. The highest BCUT2D eigenvalue weighted by atomic mass is 127. The molecule has 1 atom stereocenters. The average Bonchev–Trinajstić information content (AvgIpc) is 3.17. The predicted octanol–water partition coefficient (Wildman–Crippen LogP) is 2.04. The van der Waals surface area contributed by atoms with E-state index in [0.717, 1.165) is 30.9 Å². The SMILES string of the molecule is CN=C(NCc1ccnn1C)NC1CCc2cn(C(C)C)nc2C1.I. The number of aryl methyl sites for hydroxylation is 2. The minimum Gasteiger partial charge on any atom is -0.353 e. The maximum absolute atomic E-state index is 4.74. The van der Waals surface area contributed by atoms with Gasteiger partial charge in [-0.15, -0.1) is 24.0 Å². The van der Waals surface area contributed by atoms with Crippen LogP contribution in [0.4, 0.5) is 0 Å². The maximum atomic E-state index is 4.74. The van der Waals surface area contributed by atoms with Gasteiger partial charge in [0.05, 0.1) is 17.9 Å². The molecular formula is C17H28IN7. The molecule has 0 saturated heterocycles. The third-order valence-corrected chi connectivity index (χ3v) is 4.55. The maximum Gasteiger partial charge on any atom is 0.191 e. The first-order valence-corrected chi connectivity index (χ1v) is 8.57. The molecule has 8 heteroatoms. The van der Waals surface area contributed by atoms with Crippen LogP contribution >= 0.6 is 24.0 Å². The molecule has 0 aliphatic heterocycles. The largest absolute Gasteiger partial charge is 0.353 e. The van der Waals surface area contributed by atoms with Crippen molar-refractivity contribution in [2.45, 2.75) is 51.7 Å². The standard InChI is InChI=1S/C17H27N7.HI/c1-12(2)24-11-13-5-6-14(9-16(13)22-24)21-17(18-3)19-10-15-7-8-20-23(15)4;/h7-8,11-12,14H,5-6,9-10H2,1-4H3,(H2,18,19,21);1H. The van der Waals surface area contributed by atoms with E-state index < -0.39 is 0 Å². The van der Waals surface area contributed by atoms with E-state index in [1.165, 1.54) is 11.3 Å². The normalized spacial score (nSPS) is 17.2. The molecule has 2 N–H and O–H groups in total. The van der Waals surface area contributed by atoms with E-state index in [-0.39, 0.29) is 24.0 Å². The number of aromatic nitrogens is 4. The molecule has 0 bridgehead atoms. The Morgan fingerprint density at radius 1 is 1.44 bits per heavy atom. The van der Waals surface area contributed by atoms with Crippen molar-refractivity contribution < 1.29 is 0 Å². The Hall–Kier alpha value is -1.58. The van der Waals surface area contributed by atoms with Crippen molar-refractivity contribution in [3.05, 3.63) is 35.4 Å². The lowest BCUT2D eigenvalue weighted by molar-refractivity contribution is 0.499. The number of aliphatic imine (C=N–C) groups is 1. The lowest BCUT2D eigenvalue weighted by Crippen LogP contribution is -2.45. The molecule has 2 aromatic heterocycles. The second-order valence-electron chi connectivity index (χ2n) is 6.63. The van der Waals surface area contributed by atoms with Gasteiger partial charge in [-0.1, -0.05) is 0 Å². The van der Waals surface area contributed by atoms with Gasteiger partial charge >= 0.3 is 0 Å². The Kier molecular flexibility index (Phi) is 6.86. The molecule has 1 unspecified atom stereocenters. The minimum atomic E-state index is 0. The van der Waals surface area contributed by atoms with E-state index in [1.807, 2.05) is 17.8 Å². The average molecular weight is 457 g/mol. The Morgan fingerprint density at radius 3 is 2.88 bits per heavy atom. The topological polar surface area (TPSA) is 72.1 Å². The summed E-state index contributed by atoms with van der Waals surface area (Å²) < 4.78 is 3.94. The van der Waals surface area contributed by atoms with E-state index in [0.29, 0.717) is 18.6 Å². The molecule has 0 fully saturated rings. The number of hydrogen-bond donors (Lipinski definition) is 2. The van der Waals surface area contributed by atoms with Crippen LogP contribution in [0.3, 0.4) is 0 Å². The van der Waals surface area contributed by atoms with Gasteiger partial charge in [-0.3, -0.25) is 14.4 Å². The monoisotopic (exact) mass is 457 g/mol. The smallest absolute Gasteiger partial charge is 0.191 e. The van der Waals surface area contributed by atoms with Crippen molar-refractivity contribution in [3.63, 3.8) is 0 Å². The Morgan fingerprint density at radius 2 is 2.24 bits per heavy atom. The molecule has 0 spiro atoms. The van der Waals surface area contributed by atoms with Gasteiger partial charge in [-0.25, -0.2) is 0 Å². The van der Waals surface area contributed by atoms with Gasteiger partial charge in [0, 0.05) is 45.0 Å². The van der Waals surface area contributed by atoms with Crippen molar-refractivity contribution in [2.75, 3.05) is 7.05 Å². The molecule has 0 aromatic carbocycles. The van der Waals surface area contributed by atoms with Crippen LogP contribution in [0.5, 0.6) is 0 Å². The number of rotatable bonds is 4. The third-order valence-electron chi connectivity index (χ3n) is 4.55. The fourth-order valence-electron chi connectivity index (χ4n) is 3.04.